The Hall–Kier alpha value is -1.87. The van der Waals surface area contributed by atoms with Crippen molar-refractivity contribution in [3.63, 3.8) is 0 Å². The summed E-state index contributed by atoms with van der Waals surface area (Å²) in [6.45, 7) is 2.01. The fourth-order valence-corrected chi connectivity index (χ4v) is 2.24. The molecule has 0 aliphatic rings. The first-order valence-electron chi connectivity index (χ1n) is 5.72. The van der Waals surface area contributed by atoms with Crippen LogP contribution >= 0.6 is 11.6 Å². The van der Waals surface area contributed by atoms with E-state index in [-0.39, 0.29) is 0 Å². The molecule has 4 heteroatoms. The van der Waals surface area contributed by atoms with Gasteiger partial charge in [-0.15, -0.1) is 0 Å². The minimum Gasteiger partial charge on any atom is -0.326 e. The number of aromatic nitrogens is 3. The fourth-order valence-electron chi connectivity index (χ4n) is 2.09. The smallest absolute Gasteiger partial charge is 0.159 e. The summed E-state index contributed by atoms with van der Waals surface area (Å²) < 4.78 is 2.04. The highest BCUT2D eigenvalue weighted by molar-refractivity contribution is 6.29. The Morgan fingerprint density at radius 1 is 1.06 bits per heavy atom. The van der Waals surface area contributed by atoms with Gasteiger partial charge in [0.25, 0.3) is 0 Å². The summed E-state index contributed by atoms with van der Waals surface area (Å²) in [7, 11) is 1.99. The van der Waals surface area contributed by atoms with Crippen LogP contribution in [-0.2, 0) is 7.05 Å². The zero-order valence-electron chi connectivity index (χ0n) is 10.2. The van der Waals surface area contributed by atoms with Crippen LogP contribution in [0.5, 0.6) is 0 Å². The largest absolute Gasteiger partial charge is 0.326 e. The molecule has 3 nitrogen and oxygen atoms in total. The molecule has 0 saturated heterocycles. The number of imidazole rings is 1. The van der Waals surface area contributed by atoms with Crippen molar-refractivity contribution >= 4 is 22.6 Å². The third-order valence-corrected chi connectivity index (χ3v) is 3.27. The van der Waals surface area contributed by atoms with Crippen molar-refractivity contribution < 1.29 is 0 Å². The van der Waals surface area contributed by atoms with E-state index < -0.39 is 0 Å². The number of fused-ring (bicyclic) bond motifs is 1. The Bertz CT molecular complexity index is 731. The number of aryl methyl sites for hydroxylation is 2. The summed E-state index contributed by atoms with van der Waals surface area (Å²) in [5.74, 6) is 0.844. The second-order valence-corrected chi connectivity index (χ2v) is 4.67. The van der Waals surface area contributed by atoms with Crippen LogP contribution in [0.1, 0.15) is 5.56 Å². The van der Waals surface area contributed by atoms with Gasteiger partial charge in [0.2, 0.25) is 0 Å². The SMILES string of the molecule is Cc1ccc(Cl)nc1-c1nc2ccccc2n1C. The Kier molecular flexibility index (Phi) is 2.56. The molecule has 90 valence electrons. The van der Waals surface area contributed by atoms with Crippen molar-refractivity contribution in [1.29, 1.82) is 0 Å². The van der Waals surface area contributed by atoms with Gasteiger partial charge < -0.3 is 4.57 Å². The number of hydrogen-bond donors (Lipinski definition) is 0. The zero-order valence-corrected chi connectivity index (χ0v) is 10.9. The molecule has 0 atom stereocenters. The number of hydrogen-bond acceptors (Lipinski definition) is 2. The highest BCUT2D eigenvalue weighted by Crippen LogP contribution is 2.25. The molecule has 0 saturated carbocycles. The average Bonchev–Trinajstić information content (AvgIpc) is 2.71. The van der Waals surface area contributed by atoms with Gasteiger partial charge in [0.05, 0.1) is 11.0 Å². The molecule has 0 radical (unpaired) electrons. The van der Waals surface area contributed by atoms with Crippen molar-refractivity contribution in [3.8, 4) is 11.5 Å². The lowest BCUT2D eigenvalue weighted by Crippen LogP contribution is -1.97. The van der Waals surface area contributed by atoms with Crippen LogP contribution in [0.15, 0.2) is 36.4 Å². The van der Waals surface area contributed by atoms with Gasteiger partial charge in [0, 0.05) is 7.05 Å². The normalized spacial score (nSPS) is 11.1. The topological polar surface area (TPSA) is 30.7 Å². The van der Waals surface area contributed by atoms with Gasteiger partial charge in [-0.2, -0.15) is 0 Å². The summed E-state index contributed by atoms with van der Waals surface area (Å²) >= 11 is 5.97. The van der Waals surface area contributed by atoms with E-state index in [1.54, 1.807) is 6.07 Å². The highest BCUT2D eigenvalue weighted by atomic mass is 35.5. The Morgan fingerprint density at radius 2 is 1.83 bits per heavy atom. The number of nitrogens with zero attached hydrogens (tertiary/aromatic N) is 3. The second kappa shape index (κ2) is 4.10. The molecule has 3 aromatic rings. The van der Waals surface area contributed by atoms with Crippen LogP contribution in [0.4, 0.5) is 0 Å². The van der Waals surface area contributed by atoms with Crippen molar-refractivity contribution in [2.45, 2.75) is 6.92 Å². The lowest BCUT2D eigenvalue weighted by atomic mass is 10.2. The van der Waals surface area contributed by atoms with Crippen LogP contribution in [0, 0.1) is 6.92 Å². The quantitative estimate of drug-likeness (QED) is 0.624. The van der Waals surface area contributed by atoms with E-state index in [4.69, 9.17) is 11.6 Å². The van der Waals surface area contributed by atoms with Crippen LogP contribution in [0.2, 0.25) is 5.15 Å². The van der Waals surface area contributed by atoms with E-state index in [2.05, 4.69) is 9.97 Å². The Balaban J connectivity index is 2.31. The number of rotatable bonds is 1. The first kappa shape index (κ1) is 11.2. The number of para-hydroxylation sites is 2. The molecule has 0 N–H and O–H groups in total. The maximum absolute atomic E-state index is 5.97. The second-order valence-electron chi connectivity index (χ2n) is 4.28. The lowest BCUT2D eigenvalue weighted by Gasteiger charge is -2.05. The van der Waals surface area contributed by atoms with E-state index in [9.17, 15) is 0 Å². The standard InChI is InChI=1S/C14H12ClN3/c1-9-7-8-12(15)17-13(9)14-16-10-5-3-4-6-11(10)18(14)2/h3-8H,1-2H3. The van der Waals surface area contributed by atoms with Crippen molar-refractivity contribution in [1.82, 2.24) is 14.5 Å². The lowest BCUT2D eigenvalue weighted by molar-refractivity contribution is 0.947. The molecule has 0 amide bonds. The highest BCUT2D eigenvalue weighted by Gasteiger charge is 2.13. The summed E-state index contributed by atoms with van der Waals surface area (Å²) in [5.41, 5.74) is 3.96. The average molecular weight is 258 g/mol. The molecule has 2 aromatic heterocycles. The Morgan fingerprint density at radius 3 is 2.61 bits per heavy atom. The molecular formula is C14H12ClN3. The molecule has 0 aliphatic carbocycles. The van der Waals surface area contributed by atoms with Gasteiger partial charge >= 0.3 is 0 Å². The zero-order chi connectivity index (χ0) is 12.7. The predicted molar refractivity (Wildman–Crippen MR) is 73.7 cm³/mol. The monoisotopic (exact) mass is 257 g/mol. The van der Waals surface area contributed by atoms with Gasteiger partial charge in [0.1, 0.15) is 10.8 Å². The van der Waals surface area contributed by atoms with Crippen LogP contribution in [0.25, 0.3) is 22.6 Å². The molecule has 0 fully saturated rings. The van der Waals surface area contributed by atoms with Gasteiger partial charge in [-0.05, 0) is 30.7 Å². The summed E-state index contributed by atoms with van der Waals surface area (Å²) in [5, 5.41) is 0.489. The first-order chi connectivity index (χ1) is 8.66. The van der Waals surface area contributed by atoms with Gasteiger partial charge in [-0.3, -0.25) is 0 Å². The summed E-state index contributed by atoms with van der Waals surface area (Å²) in [6, 6.07) is 11.8. The van der Waals surface area contributed by atoms with E-state index >= 15 is 0 Å². The van der Waals surface area contributed by atoms with E-state index in [0.717, 1.165) is 28.1 Å². The maximum atomic E-state index is 5.97. The molecule has 1 aromatic carbocycles. The van der Waals surface area contributed by atoms with Crippen molar-refractivity contribution in [2.75, 3.05) is 0 Å². The molecule has 0 aliphatic heterocycles. The van der Waals surface area contributed by atoms with Gasteiger partial charge in [0.15, 0.2) is 5.82 Å². The van der Waals surface area contributed by atoms with Gasteiger partial charge in [-0.25, -0.2) is 9.97 Å². The molecule has 18 heavy (non-hydrogen) atoms. The third kappa shape index (κ3) is 1.68. The molecule has 2 heterocycles. The minimum atomic E-state index is 0.489. The van der Waals surface area contributed by atoms with Crippen LogP contribution in [-0.4, -0.2) is 14.5 Å². The number of pyridine rings is 1. The summed E-state index contributed by atoms with van der Waals surface area (Å²) in [4.78, 5) is 9.01. The third-order valence-electron chi connectivity index (χ3n) is 3.06. The van der Waals surface area contributed by atoms with E-state index in [1.165, 1.54) is 0 Å². The Labute approximate surface area is 110 Å². The minimum absolute atomic E-state index is 0.489. The van der Waals surface area contributed by atoms with Crippen molar-refractivity contribution in [2.24, 2.45) is 7.05 Å². The van der Waals surface area contributed by atoms with Gasteiger partial charge in [-0.1, -0.05) is 29.8 Å². The number of benzene rings is 1. The molecule has 0 spiro atoms. The van der Waals surface area contributed by atoms with E-state index in [1.807, 2.05) is 48.9 Å². The summed E-state index contributed by atoms with van der Waals surface area (Å²) in [6.07, 6.45) is 0. The molecule has 3 rings (SSSR count). The van der Waals surface area contributed by atoms with Crippen molar-refractivity contribution in [3.05, 3.63) is 47.1 Å². The molecule has 0 bridgehead atoms. The number of halogens is 1. The van der Waals surface area contributed by atoms with Crippen LogP contribution < -0.4 is 0 Å². The predicted octanol–water partition coefficient (Wildman–Crippen LogP) is 3.60. The van der Waals surface area contributed by atoms with Crippen LogP contribution in [0.3, 0.4) is 0 Å². The molecule has 0 unspecified atom stereocenters. The molecular weight excluding hydrogens is 246 g/mol. The fraction of sp³-hybridized carbons (Fsp3) is 0.143. The first-order valence-corrected chi connectivity index (χ1v) is 6.09. The van der Waals surface area contributed by atoms with E-state index in [0.29, 0.717) is 5.15 Å². The maximum Gasteiger partial charge on any atom is 0.159 e.